The van der Waals surface area contributed by atoms with E-state index in [-0.39, 0.29) is 12.5 Å². The fraction of sp³-hybridized carbons (Fsp3) is 0.231. The van der Waals surface area contributed by atoms with Gasteiger partial charge in [0.15, 0.2) is 0 Å². The minimum atomic E-state index is -3.51. The summed E-state index contributed by atoms with van der Waals surface area (Å²) in [5, 5.41) is 2.78. The summed E-state index contributed by atoms with van der Waals surface area (Å²) in [6.07, 6.45) is 1.18. The Kier molecular flexibility index (Phi) is 7.73. The maximum Gasteiger partial charge on any atom is 0.338 e. The Balaban J connectivity index is 1.71. The molecule has 3 aromatic rings. The van der Waals surface area contributed by atoms with Gasteiger partial charge in [0, 0.05) is 11.3 Å². The summed E-state index contributed by atoms with van der Waals surface area (Å²) in [4.78, 5) is 24.4. The van der Waals surface area contributed by atoms with Crippen LogP contribution in [0.3, 0.4) is 0 Å². The van der Waals surface area contributed by atoms with Gasteiger partial charge in [0.2, 0.25) is 10.0 Å². The number of carbonyl (C=O) groups excluding carboxylic acids is 2. The van der Waals surface area contributed by atoms with Crippen molar-refractivity contribution in [3.05, 3.63) is 94.5 Å². The molecular weight excluding hydrogens is 452 g/mol. The molecule has 0 radical (unpaired) electrons. The molecule has 3 rings (SSSR count). The highest BCUT2D eigenvalue weighted by Gasteiger charge is 2.19. The molecule has 0 saturated heterocycles. The summed E-state index contributed by atoms with van der Waals surface area (Å²) in [7, 11) is -3.51. The lowest BCUT2D eigenvalue weighted by Crippen LogP contribution is -2.29. The SMILES string of the molecule is CCOC(=O)c1ccc(NC(=O)c2ccc(CN(c3ccc(C)c(C)c3)S(C)(=O)=O)cc2)cc1. The number of nitrogens with one attached hydrogen (secondary N) is 1. The highest BCUT2D eigenvalue weighted by Crippen LogP contribution is 2.24. The molecule has 0 aliphatic carbocycles. The highest BCUT2D eigenvalue weighted by atomic mass is 32.2. The summed E-state index contributed by atoms with van der Waals surface area (Å²) >= 11 is 0. The second kappa shape index (κ2) is 10.5. The first-order chi connectivity index (χ1) is 16.1. The third kappa shape index (κ3) is 6.23. The van der Waals surface area contributed by atoms with Gasteiger partial charge in [0.1, 0.15) is 0 Å². The van der Waals surface area contributed by atoms with E-state index in [0.717, 1.165) is 16.7 Å². The number of hydrogen-bond donors (Lipinski definition) is 1. The smallest absolute Gasteiger partial charge is 0.338 e. The lowest BCUT2D eigenvalue weighted by atomic mass is 10.1. The van der Waals surface area contributed by atoms with Crippen molar-refractivity contribution in [3.8, 4) is 0 Å². The number of benzene rings is 3. The Morgan fingerprint density at radius 2 is 1.50 bits per heavy atom. The van der Waals surface area contributed by atoms with E-state index in [1.807, 2.05) is 26.0 Å². The van der Waals surface area contributed by atoms with Gasteiger partial charge in [-0.05, 0) is 86.0 Å². The molecule has 3 aromatic carbocycles. The summed E-state index contributed by atoms with van der Waals surface area (Å²) < 4.78 is 31.2. The number of nitrogens with zero attached hydrogens (tertiary/aromatic N) is 1. The number of hydrogen-bond acceptors (Lipinski definition) is 5. The number of aryl methyl sites for hydroxylation is 2. The number of amides is 1. The van der Waals surface area contributed by atoms with E-state index in [4.69, 9.17) is 4.74 Å². The van der Waals surface area contributed by atoms with Crippen LogP contribution >= 0.6 is 0 Å². The van der Waals surface area contributed by atoms with Gasteiger partial charge >= 0.3 is 5.97 Å². The first-order valence-corrected chi connectivity index (χ1v) is 12.7. The number of ether oxygens (including phenoxy) is 1. The predicted octanol–water partition coefficient (Wildman–Crippen LogP) is 4.70. The minimum absolute atomic E-state index is 0.151. The quantitative estimate of drug-likeness (QED) is 0.472. The predicted molar refractivity (Wildman–Crippen MR) is 134 cm³/mol. The van der Waals surface area contributed by atoms with Crippen molar-refractivity contribution < 1.29 is 22.7 Å². The standard InChI is InChI=1S/C26H28N2O5S/c1-5-33-26(30)22-11-13-23(14-12-22)27-25(29)21-9-7-20(8-10-21)17-28(34(4,31)32)24-15-6-18(2)19(3)16-24/h6-16H,5,17H2,1-4H3,(H,27,29). The van der Waals surface area contributed by atoms with E-state index in [1.165, 1.54) is 10.6 Å². The molecule has 0 bridgehead atoms. The number of carbonyl (C=O) groups is 2. The fourth-order valence-corrected chi connectivity index (χ4v) is 4.20. The molecule has 178 valence electrons. The number of esters is 1. The maximum absolute atomic E-state index is 12.6. The van der Waals surface area contributed by atoms with Crippen molar-refractivity contribution >= 4 is 33.3 Å². The topological polar surface area (TPSA) is 92.8 Å². The second-order valence-corrected chi connectivity index (χ2v) is 9.89. The van der Waals surface area contributed by atoms with Gasteiger partial charge in [0.25, 0.3) is 5.91 Å². The van der Waals surface area contributed by atoms with Gasteiger partial charge in [-0.25, -0.2) is 13.2 Å². The van der Waals surface area contributed by atoms with E-state index in [1.54, 1.807) is 61.5 Å². The molecule has 0 saturated carbocycles. The molecule has 0 aliphatic rings. The first kappa shape index (κ1) is 25.0. The van der Waals surface area contributed by atoms with Crippen LogP contribution in [0.15, 0.2) is 66.7 Å². The van der Waals surface area contributed by atoms with E-state index in [0.29, 0.717) is 29.1 Å². The van der Waals surface area contributed by atoms with Crippen LogP contribution in [-0.4, -0.2) is 33.2 Å². The Morgan fingerprint density at radius 1 is 0.882 bits per heavy atom. The normalized spacial score (nSPS) is 11.1. The zero-order valence-electron chi connectivity index (χ0n) is 19.7. The van der Waals surface area contributed by atoms with Crippen LogP contribution in [0.4, 0.5) is 11.4 Å². The van der Waals surface area contributed by atoms with E-state index < -0.39 is 16.0 Å². The fourth-order valence-electron chi connectivity index (χ4n) is 3.32. The van der Waals surface area contributed by atoms with Crippen LogP contribution in [0, 0.1) is 13.8 Å². The van der Waals surface area contributed by atoms with Crippen LogP contribution in [0.25, 0.3) is 0 Å². The molecule has 0 aliphatic heterocycles. The van der Waals surface area contributed by atoms with Crippen LogP contribution in [0.2, 0.25) is 0 Å². The minimum Gasteiger partial charge on any atom is -0.462 e. The average Bonchev–Trinajstić information content (AvgIpc) is 2.79. The van der Waals surface area contributed by atoms with Crippen molar-refractivity contribution in [2.24, 2.45) is 0 Å². The lowest BCUT2D eigenvalue weighted by Gasteiger charge is -2.23. The average molecular weight is 481 g/mol. The van der Waals surface area contributed by atoms with Crippen LogP contribution in [-0.2, 0) is 21.3 Å². The highest BCUT2D eigenvalue weighted by molar-refractivity contribution is 7.92. The molecule has 0 atom stereocenters. The Hall–Kier alpha value is -3.65. The van der Waals surface area contributed by atoms with Crippen molar-refractivity contribution in [2.75, 3.05) is 22.5 Å². The summed E-state index contributed by atoms with van der Waals surface area (Å²) in [6.45, 7) is 6.10. The molecule has 0 unspecified atom stereocenters. The third-order valence-electron chi connectivity index (χ3n) is 5.38. The number of sulfonamides is 1. The molecule has 34 heavy (non-hydrogen) atoms. The molecule has 0 heterocycles. The summed E-state index contributed by atoms with van der Waals surface area (Å²) in [5.41, 5.74) is 4.81. The molecule has 7 nitrogen and oxygen atoms in total. The van der Waals surface area contributed by atoms with E-state index >= 15 is 0 Å². The van der Waals surface area contributed by atoms with Gasteiger partial charge in [-0.2, -0.15) is 0 Å². The Labute approximate surface area is 200 Å². The van der Waals surface area contributed by atoms with Crippen molar-refractivity contribution in [1.82, 2.24) is 0 Å². The van der Waals surface area contributed by atoms with Gasteiger partial charge in [-0.1, -0.05) is 18.2 Å². The maximum atomic E-state index is 12.6. The molecule has 0 aromatic heterocycles. The Morgan fingerprint density at radius 3 is 2.06 bits per heavy atom. The Bertz CT molecular complexity index is 1280. The molecule has 8 heteroatoms. The molecule has 1 N–H and O–H groups in total. The second-order valence-electron chi connectivity index (χ2n) is 7.99. The first-order valence-electron chi connectivity index (χ1n) is 10.8. The van der Waals surface area contributed by atoms with Crippen molar-refractivity contribution in [2.45, 2.75) is 27.3 Å². The zero-order chi connectivity index (χ0) is 24.9. The van der Waals surface area contributed by atoms with Gasteiger partial charge in [-0.3, -0.25) is 9.10 Å². The molecule has 0 fully saturated rings. The molecule has 1 amide bonds. The van der Waals surface area contributed by atoms with Crippen molar-refractivity contribution in [3.63, 3.8) is 0 Å². The van der Waals surface area contributed by atoms with Crippen LogP contribution < -0.4 is 9.62 Å². The monoisotopic (exact) mass is 480 g/mol. The summed E-state index contributed by atoms with van der Waals surface area (Å²) in [5.74, 6) is -0.732. The molecule has 0 spiro atoms. The lowest BCUT2D eigenvalue weighted by molar-refractivity contribution is 0.0526. The van der Waals surface area contributed by atoms with Crippen LogP contribution in [0.5, 0.6) is 0 Å². The van der Waals surface area contributed by atoms with E-state index in [2.05, 4.69) is 5.32 Å². The number of anilines is 2. The van der Waals surface area contributed by atoms with Gasteiger partial charge in [0.05, 0.1) is 30.7 Å². The third-order valence-corrected chi connectivity index (χ3v) is 6.52. The summed E-state index contributed by atoms with van der Waals surface area (Å²) in [6, 6.07) is 18.7. The zero-order valence-corrected chi connectivity index (χ0v) is 20.5. The largest absolute Gasteiger partial charge is 0.462 e. The van der Waals surface area contributed by atoms with Gasteiger partial charge in [-0.15, -0.1) is 0 Å². The van der Waals surface area contributed by atoms with E-state index in [9.17, 15) is 18.0 Å². The van der Waals surface area contributed by atoms with Crippen molar-refractivity contribution in [1.29, 1.82) is 0 Å². The van der Waals surface area contributed by atoms with Gasteiger partial charge < -0.3 is 10.1 Å². The molecular formula is C26H28N2O5S. The van der Waals surface area contributed by atoms with Crippen LogP contribution in [0.1, 0.15) is 44.3 Å². The number of rotatable bonds is 8.